The summed E-state index contributed by atoms with van der Waals surface area (Å²) in [5.41, 5.74) is 5.61. The van der Waals surface area contributed by atoms with Gasteiger partial charge in [0.2, 0.25) is 11.8 Å². The van der Waals surface area contributed by atoms with Crippen molar-refractivity contribution in [3.8, 4) is 0 Å². The van der Waals surface area contributed by atoms with Crippen LogP contribution in [0.25, 0.3) is 0 Å². The fourth-order valence-corrected chi connectivity index (χ4v) is 3.55. The molecule has 2 amide bonds. The molecule has 0 aliphatic carbocycles. The molecule has 0 spiro atoms. The second-order valence-corrected chi connectivity index (χ2v) is 7.84. The van der Waals surface area contributed by atoms with Gasteiger partial charge in [0.1, 0.15) is 0 Å². The van der Waals surface area contributed by atoms with Crippen LogP contribution >= 0.6 is 0 Å². The van der Waals surface area contributed by atoms with E-state index in [2.05, 4.69) is 42.6 Å². The Hall–Kier alpha value is -2.62. The van der Waals surface area contributed by atoms with E-state index in [9.17, 15) is 9.59 Å². The van der Waals surface area contributed by atoms with Crippen LogP contribution in [0, 0.1) is 12.8 Å². The maximum Gasteiger partial charge on any atom is 0.225 e. The van der Waals surface area contributed by atoms with Crippen LogP contribution in [0.4, 0.5) is 5.69 Å². The Balaban J connectivity index is 1.59. The highest BCUT2D eigenvalue weighted by atomic mass is 16.2. The van der Waals surface area contributed by atoms with Gasteiger partial charge in [-0.1, -0.05) is 49.7 Å². The van der Waals surface area contributed by atoms with Crippen LogP contribution in [-0.4, -0.2) is 23.3 Å². The number of hydrogen-bond acceptors (Lipinski definition) is 2. The van der Waals surface area contributed by atoms with Gasteiger partial charge in [0.05, 0.1) is 0 Å². The summed E-state index contributed by atoms with van der Waals surface area (Å²) in [6.07, 6.45) is 2.92. The van der Waals surface area contributed by atoms with Gasteiger partial charge in [0.15, 0.2) is 0 Å². The molecular weight excluding hydrogens is 348 g/mol. The van der Waals surface area contributed by atoms with Crippen LogP contribution in [0.5, 0.6) is 0 Å². The Labute approximate surface area is 167 Å². The number of benzene rings is 2. The minimum Gasteiger partial charge on any atom is -0.338 e. The predicted molar refractivity (Wildman–Crippen MR) is 113 cm³/mol. The SMILES string of the molecule is CC[C@H](C)C(=O)N1CCc2ccc(NC(=O)CCc3ccc(C)cc3)cc2C1. The average Bonchev–Trinajstić information content (AvgIpc) is 2.71. The van der Waals surface area contributed by atoms with E-state index < -0.39 is 0 Å². The first kappa shape index (κ1) is 20.1. The Bertz CT molecular complexity index is 842. The average molecular weight is 379 g/mol. The molecule has 3 rings (SSSR count). The number of rotatable bonds is 6. The highest BCUT2D eigenvalue weighted by molar-refractivity contribution is 5.91. The van der Waals surface area contributed by atoms with E-state index >= 15 is 0 Å². The third kappa shape index (κ3) is 5.00. The molecule has 28 heavy (non-hydrogen) atoms. The summed E-state index contributed by atoms with van der Waals surface area (Å²) in [4.78, 5) is 26.8. The van der Waals surface area contributed by atoms with Crippen molar-refractivity contribution >= 4 is 17.5 Å². The summed E-state index contributed by atoms with van der Waals surface area (Å²) in [6, 6.07) is 14.4. The van der Waals surface area contributed by atoms with Crippen molar-refractivity contribution in [1.82, 2.24) is 4.90 Å². The number of amides is 2. The number of carbonyl (C=O) groups excluding carboxylic acids is 2. The Morgan fingerprint density at radius 3 is 2.57 bits per heavy atom. The van der Waals surface area contributed by atoms with E-state index in [0.29, 0.717) is 13.0 Å². The molecule has 0 fully saturated rings. The zero-order valence-corrected chi connectivity index (χ0v) is 17.1. The van der Waals surface area contributed by atoms with Gasteiger partial charge < -0.3 is 10.2 Å². The molecule has 1 heterocycles. The maximum absolute atomic E-state index is 12.5. The molecule has 0 radical (unpaired) electrons. The van der Waals surface area contributed by atoms with E-state index in [4.69, 9.17) is 0 Å². The minimum atomic E-state index is 0.0175. The standard InChI is InChI=1S/C24H30N2O2/c1-4-18(3)24(28)26-14-13-20-10-11-22(15-21(20)16-26)25-23(27)12-9-19-7-5-17(2)6-8-19/h5-8,10-11,15,18H,4,9,12-14,16H2,1-3H3,(H,25,27)/t18-/m0/s1. The molecule has 1 aliphatic rings. The van der Waals surface area contributed by atoms with E-state index in [-0.39, 0.29) is 17.7 Å². The highest BCUT2D eigenvalue weighted by Crippen LogP contribution is 2.24. The largest absolute Gasteiger partial charge is 0.338 e. The third-order valence-electron chi connectivity index (χ3n) is 5.61. The lowest BCUT2D eigenvalue weighted by Crippen LogP contribution is -2.38. The topological polar surface area (TPSA) is 49.4 Å². The molecule has 2 aromatic rings. The van der Waals surface area contributed by atoms with E-state index in [1.54, 1.807) is 0 Å². The summed E-state index contributed by atoms with van der Waals surface area (Å²) in [7, 11) is 0. The van der Waals surface area contributed by atoms with Crippen LogP contribution < -0.4 is 5.32 Å². The Kier molecular flexibility index (Phi) is 6.50. The molecule has 0 saturated carbocycles. The van der Waals surface area contributed by atoms with E-state index in [1.807, 2.05) is 30.9 Å². The summed E-state index contributed by atoms with van der Waals surface area (Å²) >= 11 is 0. The van der Waals surface area contributed by atoms with Gasteiger partial charge in [-0.25, -0.2) is 0 Å². The zero-order chi connectivity index (χ0) is 20.1. The van der Waals surface area contributed by atoms with Gasteiger partial charge in [0.25, 0.3) is 0 Å². The van der Waals surface area contributed by atoms with E-state index in [0.717, 1.165) is 37.1 Å². The normalized spacial score (nSPS) is 14.3. The van der Waals surface area contributed by atoms with Crippen molar-refractivity contribution in [2.45, 2.75) is 53.0 Å². The first-order chi connectivity index (χ1) is 13.5. The molecule has 0 unspecified atom stereocenters. The fraction of sp³-hybridized carbons (Fsp3) is 0.417. The molecule has 0 aromatic heterocycles. The van der Waals surface area contributed by atoms with Crippen molar-refractivity contribution < 1.29 is 9.59 Å². The molecule has 1 N–H and O–H groups in total. The molecule has 0 bridgehead atoms. The molecule has 1 aliphatic heterocycles. The van der Waals surface area contributed by atoms with Gasteiger partial charge in [-0.3, -0.25) is 9.59 Å². The first-order valence-electron chi connectivity index (χ1n) is 10.2. The van der Waals surface area contributed by atoms with Gasteiger partial charge in [-0.05, 0) is 55.0 Å². The smallest absolute Gasteiger partial charge is 0.225 e. The quantitative estimate of drug-likeness (QED) is 0.805. The van der Waals surface area contributed by atoms with Crippen molar-refractivity contribution in [1.29, 1.82) is 0 Å². The van der Waals surface area contributed by atoms with Crippen molar-refractivity contribution in [3.05, 3.63) is 64.7 Å². The molecule has 4 nitrogen and oxygen atoms in total. The van der Waals surface area contributed by atoms with Crippen molar-refractivity contribution in [3.63, 3.8) is 0 Å². The van der Waals surface area contributed by atoms with E-state index in [1.165, 1.54) is 16.7 Å². The molecule has 148 valence electrons. The number of nitrogens with zero attached hydrogens (tertiary/aromatic N) is 1. The molecule has 4 heteroatoms. The Morgan fingerprint density at radius 1 is 1.11 bits per heavy atom. The lowest BCUT2D eigenvalue weighted by atomic mass is 9.97. The first-order valence-corrected chi connectivity index (χ1v) is 10.2. The third-order valence-corrected chi connectivity index (χ3v) is 5.61. The lowest BCUT2D eigenvalue weighted by molar-refractivity contribution is -0.136. The number of carbonyl (C=O) groups is 2. The van der Waals surface area contributed by atoms with Gasteiger partial charge in [-0.2, -0.15) is 0 Å². The van der Waals surface area contributed by atoms with Crippen LogP contribution in [0.2, 0.25) is 0 Å². The van der Waals surface area contributed by atoms with Crippen LogP contribution in [0.15, 0.2) is 42.5 Å². The number of nitrogens with one attached hydrogen (secondary N) is 1. The number of aryl methyl sites for hydroxylation is 2. The monoisotopic (exact) mass is 378 g/mol. The summed E-state index contributed by atoms with van der Waals surface area (Å²) in [6.45, 7) is 7.50. The summed E-state index contributed by atoms with van der Waals surface area (Å²) < 4.78 is 0. The summed E-state index contributed by atoms with van der Waals surface area (Å²) in [5, 5.41) is 3.01. The molecule has 1 atom stereocenters. The predicted octanol–water partition coefficient (Wildman–Crippen LogP) is 4.50. The number of anilines is 1. The van der Waals surface area contributed by atoms with Crippen LogP contribution in [0.3, 0.4) is 0 Å². The minimum absolute atomic E-state index is 0.0175. The van der Waals surface area contributed by atoms with Gasteiger partial charge in [-0.15, -0.1) is 0 Å². The fourth-order valence-electron chi connectivity index (χ4n) is 3.55. The molecule has 2 aromatic carbocycles. The molecular formula is C24H30N2O2. The van der Waals surface area contributed by atoms with Crippen LogP contribution in [-0.2, 0) is 29.0 Å². The van der Waals surface area contributed by atoms with Crippen molar-refractivity contribution in [2.75, 3.05) is 11.9 Å². The summed E-state index contributed by atoms with van der Waals surface area (Å²) in [5.74, 6) is 0.302. The highest BCUT2D eigenvalue weighted by Gasteiger charge is 2.24. The number of hydrogen-bond donors (Lipinski definition) is 1. The lowest BCUT2D eigenvalue weighted by Gasteiger charge is -2.31. The maximum atomic E-state index is 12.5. The van der Waals surface area contributed by atoms with Gasteiger partial charge in [0, 0.05) is 31.1 Å². The van der Waals surface area contributed by atoms with Gasteiger partial charge >= 0.3 is 0 Å². The van der Waals surface area contributed by atoms with Crippen LogP contribution in [0.1, 0.15) is 48.9 Å². The van der Waals surface area contributed by atoms with Crippen molar-refractivity contribution in [2.24, 2.45) is 5.92 Å². The second-order valence-electron chi connectivity index (χ2n) is 7.84. The number of fused-ring (bicyclic) bond motifs is 1. The molecule has 0 saturated heterocycles. The Morgan fingerprint density at radius 2 is 1.86 bits per heavy atom. The second kappa shape index (κ2) is 9.05. The zero-order valence-electron chi connectivity index (χ0n) is 17.1.